The summed E-state index contributed by atoms with van der Waals surface area (Å²) >= 11 is 0.844. The van der Waals surface area contributed by atoms with Crippen molar-refractivity contribution >= 4 is 17.2 Å². The summed E-state index contributed by atoms with van der Waals surface area (Å²) in [5.41, 5.74) is -0.399. The molecule has 3 rings (SSSR count). The molecule has 1 aliphatic rings. The number of hydrogen-bond acceptors (Lipinski definition) is 5. The minimum absolute atomic E-state index is 0.0237. The number of benzene rings is 1. The van der Waals surface area contributed by atoms with Gasteiger partial charge in [-0.2, -0.15) is 4.39 Å². The Morgan fingerprint density at radius 3 is 2.56 bits per heavy atom. The van der Waals surface area contributed by atoms with Gasteiger partial charge in [-0.25, -0.2) is 13.8 Å². The van der Waals surface area contributed by atoms with Gasteiger partial charge in [-0.15, -0.1) is 11.3 Å². The van der Waals surface area contributed by atoms with Crippen LogP contribution in [0.2, 0.25) is 0 Å². The van der Waals surface area contributed by atoms with Gasteiger partial charge in [0.25, 0.3) is 5.91 Å². The number of phenols is 1. The molecule has 1 amide bonds. The van der Waals surface area contributed by atoms with Crippen LogP contribution in [0.15, 0.2) is 12.3 Å². The molecule has 0 radical (unpaired) electrons. The maximum Gasteiger partial charge on any atom is 0.265 e. The van der Waals surface area contributed by atoms with E-state index in [1.165, 1.54) is 6.20 Å². The summed E-state index contributed by atoms with van der Waals surface area (Å²) in [7, 11) is 0. The molecular weight excluding hydrogens is 357 g/mol. The minimum Gasteiger partial charge on any atom is -0.503 e. The van der Waals surface area contributed by atoms with Gasteiger partial charge in [-0.3, -0.25) is 4.79 Å². The van der Waals surface area contributed by atoms with Crippen LogP contribution >= 0.6 is 11.3 Å². The first-order valence-corrected chi connectivity index (χ1v) is 8.37. The van der Waals surface area contributed by atoms with E-state index in [4.69, 9.17) is 4.74 Å². The van der Waals surface area contributed by atoms with E-state index >= 15 is 0 Å². The summed E-state index contributed by atoms with van der Waals surface area (Å²) in [4.78, 5) is 18.3. The van der Waals surface area contributed by atoms with Crippen molar-refractivity contribution in [2.45, 2.75) is 26.1 Å². The fourth-order valence-electron chi connectivity index (χ4n) is 2.74. The van der Waals surface area contributed by atoms with Crippen LogP contribution in [-0.2, 0) is 4.74 Å². The highest BCUT2D eigenvalue weighted by Gasteiger charge is 2.28. The third-order valence-electron chi connectivity index (χ3n) is 3.79. The second-order valence-corrected chi connectivity index (χ2v) is 6.91. The van der Waals surface area contributed by atoms with E-state index in [1.807, 2.05) is 13.8 Å². The average molecular weight is 372 g/mol. The predicted octanol–water partition coefficient (Wildman–Crippen LogP) is 3.18. The van der Waals surface area contributed by atoms with Crippen molar-refractivity contribution in [1.29, 1.82) is 0 Å². The summed E-state index contributed by atoms with van der Waals surface area (Å²) in [5, 5.41) is 9.28. The van der Waals surface area contributed by atoms with Gasteiger partial charge < -0.3 is 14.7 Å². The molecule has 2 aromatic rings. The molecule has 1 saturated heterocycles. The van der Waals surface area contributed by atoms with Crippen molar-refractivity contribution in [2.75, 3.05) is 13.1 Å². The number of carbonyl (C=O) groups is 1. The number of hydrogen-bond donors (Lipinski definition) is 1. The Morgan fingerprint density at radius 2 is 1.92 bits per heavy atom. The van der Waals surface area contributed by atoms with E-state index in [0.717, 1.165) is 11.3 Å². The van der Waals surface area contributed by atoms with E-state index in [1.54, 1.807) is 4.90 Å². The highest BCUT2D eigenvalue weighted by atomic mass is 32.1. The molecule has 1 N–H and O–H groups in total. The first-order chi connectivity index (χ1) is 11.8. The van der Waals surface area contributed by atoms with Crippen LogP contribution in [0, 0.1) is 17.5 Å². The number of amides is 1. The summed E-state index contributed by atoms with van der Waals surface area (Å²) in [6.07, 6.45) is 1.03. The second-order valence-electron chi connectivity index (χ2n) is 5.88. The molecular formula is C16H15F3N2O3S. The highest BCUT2D eigenvalue weighted by molar-refractivity contribution is 7.16. The average Bonchev–Trinajstić information content (AvgIpc) is 3.04. The van der Waals surface area contributed by atoms with Crippen LogP contribution in [-0.4, -0.2) is 46.2 Å². The number of thiazole rings is 1. The third-order valence-corrected chi connectivity index (χ3v) is 4.81. The van der Waals surface area contributed by atoms with Gasteiger partial charge in [0.2, 0.25) is 5.82 Å². The van der Waals surface area contributed by atoms with Crippen LogP contribution in [0.4, 0.5) is 13.2 Å². The zero-order valence-electron chi connectivity index (χ0n) is 13.4. The minimum atomic E-state index is -1.66. The largest absolute Gasteiger partial charge is 0.503 e. The summed E-state index contributed by atoms with van der Waals surface area (Å²) in [6, 6.07) is 0.607. The highest BCUT2D eigenvalue weighted by Crippen LogP contribution is 2.35. The SMILES string of the molecule is C[C@@H]1CN(C(=O)c2cnc(-c3cc(F)c(F)c(O)c3F)s2)C[C@H](C)O1. The Balaban J connectivity index is 1.89. The molecule has 134 valence electrons. The van der Waals surface area contributed by atoms with Crippen molar-refractivity contribution in [3.63, 3.8) is 0 Å². The summed E-state index contributed by atoms with van der Waals surface area (Å²) in [5.74, 6) is -6.08. The van der Waals surface area contributed by atoms with Crippen LogP contribution < -0.4 is 0 Å². The van der Waals surface area contributed by atoms with E-state index in [-0.39, 0.29) is 28.0 Å². The maximum atomic E-state index is 14.0. The number of halogens is 3. The molecule has 1 aromatic carbocycles. The van der Waals surface area contributed by atoms with E-state index in [0.29, 0.717) is 19.2 Å². The van der Waals surface area contributed by atoms with Gasteiger partial charge in [0.1, 0.15) is 9.88 Å². The molecule has 1 aliphatic heterocycles. The number of carbonyl (C=O) groups excluding carboxylic acids is 1. The number of aromatic hydroxyl groups is 1. The topological polar surface area (TPSA) is 62.7 Å². The molecule has 0 aliphatic carbocycles. The van der Waals surface area contributed by atoms with Crippen molar-refractivity contribution in [3.05, 3.63) is 34.6 Å². The number of phenolic OH excluding ortho intramolecular Hbond substituents is 1. The third kappa shape index (κ3) is 3.34. The van der Waals surface area contributed by atoms with Crippen molar-refractivity contribution < 1.29 is 27.8 Å². The monoisotopic (exact) mass is 372 g/mol. The predicted molar refractivity (Wildman–Crippen MR) is 85.0 cm³/mol. The first kappa shape index (κ1) is 17.7. The van der Waals surface area contributed by atoms with Gasteiger partial charge in [-0.05, 0) is 19.9 Å². The summed E-state index contributed by atoms with van der Waals surface area (Å²) < 4.78 is 46.2. The van der Waals surface area contributed by atoms with E-state index in [2.05, 4.69) is 4.98 Å². The number of morpholine rings is 1. The molecule has 0 bridgehead atoms. The second kappa shape index (κ2) is 6.64. The number of nitrogens with zero attached hydrogens (tertiary/aromatic N) is 2. The smallest absolute Gasteiger partial charge is 0.265 e. The Bertz CT molecular complexity index is 817. The Kier molecular flexibility index (Phi) is 4.70. The van der Waals surface area contributed by atoms with Crippen molar-refractivity contribution in [2.24, 2.45) is 0 Å². The van der Waals surface area contributed by atoms with Crippen molar-refractivity contribution in [3.8, 4) is 16.3 Å². The van der Waals surface area contributed by atoms with Crippen LogP contribution in [0.25, 0.3) is 10.6 Å². The van der Waals surface area contributed by atoms with Gasteiger partial charge in [0.05, 0.1) is 24.0 Å². The lowest BCUT2D eigenvalue weighted by Crippen LogP contribution is -2.48. The number of aromatic nitrogens is 1. The van der Waals surface area contributed by atoms with Crippen LogP contribution in [0.3, 0.4) is 0 Å². The molecule has 5 nitrogen and oxygen atoms in total. The molecule has 25 heavy (non-hydrogen) atoms. The fraction of sp³-hybridized carbons (Fsp3) is 0.375. The number of rotatable bonds is 2. The summed E-state index contributed by atoms with van der Waals surface area (Å²) in [6.45, 7) is 4.54. The first-order valence-electron chi connectivity index (χ1n) is 7.55. The molecule has 2 heterocycles. The Labute approximate surface area is 145 Å². The normalized spacial score (nSPS) is 20.8. The van der Waals surface area contributed by atoms with Gasteiger partial charge in [0, 0.05) is 13.1 Å². The van der Waals surface area contributed by atoms with Crippen molar-refractivity contribution in [1.82, 2.24) is 9.88 Å². The lowest BCUT2D eigenvalue weighted by atomic mass is 10.2. The van der Waals surface area contributed by atoms with Gasteiger partial charge >= 0.3 is 0 Å². The molecule has 1 aromatic heterocycles. The molecule has 1 fully saturated rings. The fourth-order valence-corrected chi connectivity index (χ4v) is 3.64. The van der Waals surface area contributed by atoms with E-state index < -0.39 is 28.8 Å². The maximum absolute atomic E-state index is 14.0. The van der Waals surface area contributed by atoms with Gasteiger partial charge in [-0.1, -0.05) is 0 Å². The lowest BCUT2D eigenvalue weighted by Gasteiger charge is -2.35. The number of ether oxygens (including phenoxy) is 1. The van der Waals surface area contributed by atoms with Crippen LogP contribution in [0.1, 0.15) is 23.5 Å². The Morgan fingerprint density at radius 1 is 1.28 bits per heavy atom. The zero-order chi connectivity index (χ0) is 18.3. The standard InChI is InChI=1S/C16H15F3N2O3S/c1-7-5-21(6-8(2)24-7)16(23)11-4-20-15(25-11)9-3-10(17)13(19)14(22)12(9)18/h3-4,7-8,22H,5-6H2,1-2H3/t7-,8+. The lowest BCUT2D eigenvalue weighted by molar-refractivity contribution is -0.0585. The molecule has 0 spiro atoms. The molecule has 0 unspecified atom stereocenters. The quantitative estimate of drug-likeness (QED) is 0.823. The van der Waals surface area contributed by atoms with E-state index in [9.17, 15) is 23.1 Å². The zero-order valence-corrected chi connectivity index (χ0v) is 14.2. The molecule has 2 atom stereocenters. The molecule has 9 heteroatoms. The van der Waals surface area contributed by atoms with Gasteiger partial charge in [0.15, 0.2) is 17.4 Å². The Hall–Kier alpha value is -2.13. The molecule has 0 saturated carbocycles. The van der Waals surface area contributed by atoms with Crippen LogP contribution in [0.5, 0.6) is 5.75 Å².